The van der Waals surface area contributed by atoms with Crippen LogP contribution in [0, 0.1) is 0 Å². The van der Waals surface area contributed by atoms with E-state index in [1.807, 2.05) is 6.92 Å². The number of hydrogen-bond acceptors (Lipinski definition) is 3. The quantitative estimate of drug-likeness (QED) is 0.152. The average Bonchev–Trinajstić information content (AvgIpc) is 2.53. The average molecular weight is 412 g/mol. The molecule has 0 radical (unpaired) electrons. The van der Waals surface area contributed by atoms with Gasteiger partial charge in [0.05, 0.1) is 20.6 Å². The van der Waals surface area contributed by atoms with Gasteiger partial charge < -0.3 is 24.3 Å². The van der Waals surface area contributed by atoms with Crippen LogP contribution in [-0.2, 0) is 4.57 Å². The molecule has 0 heterocycles. The molecular weight excluding hydrogens is 365 g/mol. The van der Waals surface area contributed by atoms with Crippen LogP contribution in [0.5, 0.6) is 0 Å². The molecule has 0 saturated heterocycles. The maximum atomic E-state index is 9.66. The highest BCUT2D eigenvalue weighted by Crippen LogP contribution is 2.19. The normalized spacial score (nSPS) is 13.2. The van der Waals surface area contributed by atoms with Gasteiger partial charge in [-0.25, -0.2) is 0 Å². The van der Waals surface area contributed by atoms with E-state index in [0.717, 1.165) is 11.0 Å². The van der Waals surface area contributed by atoms with Crippen LogP contribution in [0.15, 0.2) is 0 Å². The van der Waals surface area contributed by atoms with Crippen molar-refractivity contribution >= 4 is 7.82 Å². The molecule has 7 heteroatoms. The molecule has 0 spiro atoms. The maximum absolute atomic E-state index is 9.66. The number of quaternary nitrogens is 1. The van der Waals surface area contributed by atoms with Crippen molar-refractivity contribution in [2.75, 3.05) is 20.6 Å². The Morgan fingerprint density at radius 3 is 1.30 bits per heavy atom. The minimum Gasteiger partial charge on any atom is -0.756 e. The minimum absolute atomic E-state index is 0.248. The number of aliphatic hydroxyl groups excluding tert-OH is 1. The van der Waals surface area contributed by atoms with Gasteiger partial charge in [0.25, 0.3) is 7.82 Å². The Balaban J connectivity index is 0. The van der Waals surface area contributed by atoms with Crippen LogP contribution in [0.3, 0.4) is 0 Å². The topological polar surface area (TPSA) is 101 Å². The Hall–Kier alpha value is 0.0300. The molecule has 0 aliphatic carbocycles. The molecule has 0 aliphatic rings. The third-order valence-electron chi connectivity index (χ3n) is 5.10. The third-order valence-corrected chi connectivity index (χ3v) is 5.10. The number of rotatable bonds is 16. The monoisotopic (exact) mass is 411 g/mol. The third kappa shape index (κ3) is 28.3. The second-order valence-electron chi connectivity index (χ2n) is 8.22. The van der Waals surface area contributed by atoms with Gasteiger partial charge in [-0.1, -0.05) is 84.0 Å². The van der Waals surface area contributed by atoms with Gasteiger partial charge >= 0.3 is 0 Å². The van der Waals surface area contributed by atoms with Crippen LogP contribution in [0.1, 0.15) is 104 Å². The molecule has 6 nitrogen and oxygen atoms in total. The molecule has 0 rings (SSSR count). The van der Waals surface area contributed by atoms with E-state index >= 15 is 0 Å². The number of hydrogen-bond donors (Lipinski definition) is 3. The summed E-state index contributed by atoms with van der Waals surface area (Å²) in [5.74, 6) is 0. The van der Waals surface area contributed by atoms with Crippen LogP contribution < -0.4 is 4.89 Å². The first-order valence-electron chi connectivity index (χ1n) is 10.8. The van der Waals surface area contributed by atoms with E-state index in [4.69, 9.17) is 19.2 Å². The standard InChI is InChI=1S/C20H44NO.H3O4P/c1-5-6-7-8-9-10-11-12-13-14-15-16-17-18-19-21(3,4)20(2)22;1-5(2,3)4/h20,22H,5-19H2,1-4H3;(H3,1,2,3,4)/q+1;/p-1. The summed E-state index contributed by atoms with van der Waals surface area (Å²) in [6.45, 7) is 5.27. The van der Waals surface area contributed by atoms with Gasteiger partial charge in [-0.3, -0.25) is 4.57 Å². The number of aliphatic hydroxyl groups is 1. The van der Waals surface area contributed by atoms with Gasteiger partial charge in [0.15, 0.2) is 6.23 Å². The SMILES string of the molecule is CCCCCCCCCCCCCCCC[N+](C)(C)C(C)O.O=P([O-])(O)O. The van der Waals surface area contributed by atoms with Crippen LogP contribution in [0.25, 0.3) is 0 Å². The van der Waals surface area contributed by atoms with E-state index in [1.54, 1.807) is 0 Å². The predicted molar refractivity (Wildman–Crippen MR) is 111 cm³/mol. The lowest BCUT2D eigenvalue weighted by molar-refractivity contribution is -0.934. The predicted octanol–water partition coefficient (Wildman–Crippen LogP) is 4.32. The number of nitrogens with zero attached hydrogens (tertiary/aromatic N) is 1. The van der Waals surface area contributed by atoms with Crippen molar-refractivity contribution in [2.45, 2.75) is 110 Å². The molecule has 0 aromatic carbocycles. The number of phosphoric acid groups is 1. The van der Waals surface area contributed by atoms with Gasteiger partial charge in [0.1, 0.15) is 0 Å². The van der Waals surface area contributed by atoms with E-state index in [2.05, 4.69) is 21.0 Å². The molecule has 3 N–H and O–H groups in total. The van der Waals surface area contributed by atoms with E-state index in [0.29, 0.717) is 0 Å². The summed E-state index contributed by atoms with van der Waals surface area (Å²) in [4.78, 5) is 22.9. The maximum Gasteiger partial charge on any atom is 0.262 e. The molecule has 0 saturated carbocycles. The Bertz CT molecular complexity index is 350. The van der Waals surface area contributed by atoms with E-state index in [-0.39, 0.29) is 6.23 Å². The molecule has 0 fully saturated rings. The molecule has 0 amide bonds. The second kappa shape index (κ2) is 18.1. The van der Waals surface area contributed by atoms with Gasteiger partial charge in [-0.05, 0) is 12.8 Å². The molecule has 166 valence electrons. The van der Waals surface area contributed by atoms with Crippen molar-refractivity contribution in [3.05, 3.63) is 0 Å². The Kier molecular flexibility index (Phi) is 19.6. The van der Waals surface area contributed by atoms with Crippen molar-refractivity contribution in [1.82, 2.24) is 0 Å². The van der Waals surface area contributed by atoms with Crippen molar-refractivity contribution in [3.63, 3.8) is 0 Å². The fraction of sp³-hybridized carbons (Fsp3) is 1.00. The zero-order valence-corrected chi connectivity index (χ0v) is 19.1. The highest BCUT2D eigenvalue weighted by molar-refractivity contribution is 7.43. The Labute approximate surface area is 167 Å². The van der Waals surface area contributed by atoms with Crippen molar-refractivity contribution < 1.29 is 28.8 Å². The lowest BCUT2D eigenvalue weighted by atomic mass is 10.0. The lowest BCUT2D eigenvalue weighted by Crippen LogP contribution is -2.47. The summed E-state index contributed by atoms with van der Waals surface area (Å²) in [6.07, 6.45) is 19.4. The van der Waals surface area contributed by atoms with Gasteiger partial charge in [-0.15, -0.1) is 0 Å². The summed E-state index contributed by atoms with van der Waals surface area (Å²) >= 11 is 0. The first kappa shape index (κ1) is 29.2. The van der Waals surface area contributed by atoms with Gasteiger partial charge in [0.2, 0.25) is 0 Å². The lowest BCUT2D eigenvalue weighted by Gasteiger charge is -2.32. The molecule has 0 aliphatic heterocycles. The molecule has 0 aromatic rings. The molecule has 0 aromatic heterocycles. The van der Waals surface area contributed by atoms with Crippen LogP contribution in [-0.4, -0.2) is 46.2 Å². The molecular formula is C20H46NO5P. The summed E-state index contributed by atoms with van der Waals surface area (Å²) < 4.78 is 9.51. The van der Waals surface area contributed by atoms with Crippen molar-refractivity contribution in [3.8, 4) is 0 Å². The smallest absolute Gasteiger partial charge is 0.262 e. The highest BCUT2D eigenvalue weighted by Gasteiger charge is 2.20. The van der Waals surface area contributed by atoms with E-state index in [1.165, 1.54) is 89.9 Å². The zero-order chi connectivity index (χ0) is 21.2. The fourth-order valence-corrected chi connectivity index (χ4v) is 2.90. The minimum atomic E-state index is -4.89. The summed E-state index contributed by atoms with van der Waals surface area (Å²) in [6, 6.07) is 0. The van der Waals surface area contributed by atoms with Crippen LogP contribution in [0.2, 0.25) is 0 Å². The number of unbranched alkanes of at least 4 members (excludes halogenated alkanes) is 13. The van der Waals surface area contributed by atoms with Gasteiger partial charge in [-0.2, -0.15) is 0 Å². The largest absolute Gasteiger partial charge is 0.756 e. The zero-order valence-electron chi connectivity index (χ0n) is 18.2. The summed E-state index contributed by atoms with van der Waals surface area (Å²) in [7, 11) is -0.653. The molecule has 1 atom stereocenters. The van der Waals surface area contributed by atoms with E-state index in [9.17, 15) is 5.11 Å². The first-order chi connectivity index (χ1) is 12.5. The summed E-state index contributed by atoms with van der Waals surface area (Å²) in [5, 5.41) is 9.66. The van der Waals surface area contributed by atoms with Crippen LogP contribution in [0.4, 0.5) is 0 Å². The second-order valence-corrected chi connectivity index (χ2v) is 9.20. The molecule has 27 heavy (non-hydrogen) atoms. The van der Waals surface area contributed by atoms with Gasteiger partial charge in [0, 0.05) is 6.92 Å². The summed E-state index contributed by atoms with van der Waals surface area (Å²) in [5.41, 5.74) is 0. The molecule has 0 bridgehead atoms. The Morgan fingerprint density at radius 2 is 1.04 bits per heavy atom. The fourth-order valence-electron chi connectivity index (χ4n) is 2.90. The first-order valence-corrected chi connectivity index (χ1v) is 12.3. The van der Waals surface area contributed by atoms with Crippen molar-refractivity contribution in [1.29, 1.82) is 0 Å². The van der Waals surface area contributed by atoms with Crippen molar-refractivity contribution in [2.24, 2.45) is 0 Å². The van der Waals surface area contributed by atoms with E-state index < -0.39 is 7.82 Å². The molecule has 1 unspecified atom stereocenters. The highest BCUT2D eigenvalue weighted by atomic mass is 31.2. The Morgan fingerprint density at radius 1 is 0.778 bits per heavy atom. The van der Waals surface area contributed by atoms with Crippen LogP contribution >= 0.6 is 7.82 Å².